The smallest absolute Gasteiger partial charge is 0.410 e. The third kappa shape index (κ3) is 3.23. The molecule has 0 bridgehead atoms. The number of piperazine rings is 1. The van der Waals surface area contributed by atoms with Gasteiger partial charge in [0.15, 0.2) is 0 Å². The number of carbonyl (C=O) groups excluding carboxylic acids is 1. The summed E-state index contributed by atoms with van der Waals surface area (Å²) in [5.41, 5.74) is 0. The van der Waals surface area contributed by atoms with Crippen molar-refractivity contribution in [3.05, 3.63) is 22.4 Å². The summed E-state index contributed by atoms with van der Waals surface area (Å²) in [5.74, 6) is 0. The summed E-state index contributed by atoms with van der Waals surface area (Å²) in [6.45, 7) is 6.94. The van der Waals surface area contributed by atoms with Crippen molar-refractivity contribution in [2.45, 2.75) is 13.5 Å². The molecule has 4 nitrogen and oxygen atoms in total. The van der Waals surface area contributed by atoms with Crippen LogP contribution in [0.3, 0.4) is 0 Å². The lowest BCUT2D eigenvalue weighted by atomic mass is 10.2. The van der Waals surface area contributed by atoms with E-state index in [0.717, 1.165) is 37.2 Å². The van der Waals surface area contributed by atoms with E-state index in [9.17, 15) is 4.79 Å². The van der Waals surface area contributed by atoms with E-state index in [1.54, 1.807) is 0 Å². The van der Waals surface area contributed by atoms with Crippen LogP contribution in [-0.4, -0.2) is 55.3 Å². The Morgan fingerprint density at radius 3 is 2.78 bits per heavy atom. The summed E-state index contributed by atoms with van der Waals surface area (Å²) >= 11 is 1.81. The Balaban J connectivity index is 1.87. The molecule has 1 aliphatic rings. The zero-order chi connectivity index (χ0) is 13.0. The quantitative estimate of drug-likeness (QED) is 0.787. The molecular formula is C13H21N2O2S+. The van der Waals surface area contributed by atoms with Gasteiger partial charge in [-0.3, -0.25) is 4.90 Å². The zero-order valence-electron chi connectivity index (χ0n) is 11.1. The Bertz CT molecular complexity index is 384. The van der Waals surface area contributed by atoms with E-state index in [2.05, 4.69) is 24.6 Å². The van der Waals surface area contributed by atoms with Crippen LogP contribution in [0, 0.1) is 0 Å². The van der Waals surface area contributed by atoms with Crippen LogP contribution in [0.4, 0.5) is 4.79 Å². The minimum atomic E-state index is -0.167. The summed E-state index contributed by atoms with van der Waals surface area (Å²) < 4.78 is 6.05. The van der Waals surface area contributed by atoms with Gasteiger partial charge in [0.2, 0.25) is 0 Å². The molecule has 0 saturated carbocycles. The van der Waals surface area contributed by atoms with Gasteiger partial charge >= 0.3 is 6.09 Å². The zero-order valence-corrected chi connectivity index (χ0v) is 11.9. The molecule has 0 unspecified atom stereocenters. The maximum absolute atomic E-state index is 11.6. The summed E-state index contributed by atoms with van der Waals surface area (Å²) in [6.07, 6.45) is -0.167. The molecule has 1 amide bonds. The van der Waals surface area contributed by atoms with Crippen molar-refractivity contribution < 1.29 is 14.0 Å². The van der Waals surface area contributed by atoms with Crippen LogP contribution in [0.25, 0.3) is 0 Å². The summed E-state index contributed by atoms with van der Waals surface area (Å²) in [7, 11) is 2.27. The molecule has 0 radical (unpaired) electrons. The molecule has 0 spiro atoms. The van der Waals surface area contributed by atoms with Crippen LogP contribution in [0.5, 0.6) is 0 Å². The summed E-state index contributed by atoms with van der Waals surface area (Å²) in [4.78, 5) is 14.9. The van der Waals surface area contributed by atoms with Crippen molar-refractivity contribution in [3.8, 4) is 0 Å². The molecule has 100 valence electrons. The molecule has 2 rings (SSSR count). The van der Waals surface area contributed by atoms with Crippen LogP contribution < -0.4 is 0 Å². The third-order valence-corrected chi connectivity index (χ3v) is 4.32. The van der Waals surface area contributed by atoms with Crippen LogP contribution in [0.2, 0.25) is 0 Å². The molecule has 1 aromatic heterocycles. The number of carbonyl (C=O) groups is 1. The molecule has 1 aromatic rings. The van der Waals surface area contributed by atoms with Gasteiger partial charge in [-0.2, -0.15) is 0 Å². The fourth-order valence-electron chi connectivity index (χ4n) is 2.28. The highest BCUT2D eigenvalue weighted by molar-refractivity contribution is 7.09. The predicted molar refractivity (Wildman–Crippen MR) is 72.5 cm³/mol. The first-order valence-corrected chi connectivity index (χ1v) is 7.28. The first kappa shape index (κ1) is 13.4. The number of amides is 1. The minimum absolute atomic E-state index is 0.167. The van der Waals surface area contributed by atoms with Gasteiger partial charge in [0.1, 0.15) is 6.54 Å². The standard InChI is InChI=1S/C13H21N2O2S/c1-3-17-13(16)14-6-8-15(2,9-7-14)11-12-5-4-10-18-12/h4-5,10H,3,6-9,11H2,1-2H3/q+1. The monoisotopic (exact) mass is 269 g/mol. The molecule has 0 N–H and O–H groups in total. The average molecular weight is 269 g/mol. The molecule has 1 saturated heterocycles. The van der Waals surface area contributed by atoms with E-state index in [-0.39, 0.29) is 6.09 Å². The molecule has 1 fully saturated rings. The van der Waals surface area contributed by atoms with E-state index in [1.165, 1.54) is 4.88 Å². The van der Waals surface area contributed by atoms with Gasteiger partial charge in [0, 0.05) is 0 Å². The van der Waals surface area contributed by atoms with Crippen LogP contribution in [-0.2, 0) is 11.3 Å². The van der Waals surface area contributed by atoms with Crippen LogP contribution >= 0.6 is 11.3 Å². The number of nitrogens with zero attached hydrogens (tertiary/aromatic N) is 2. The number of quaternary nitrogens is 1. The number of ether oxygens (including phenoxy) is 1. The topological polar surface area (TPSA) is 29.5 Å². The Morgan fingerprint density at radius 1 is 1.50 bits per heavy atom. The van der Waals surface area contributed by atoms with Crippen molar-refractivity contribution in [3.63, 3.8) is 0 Å². The predicted octanol–water partition coefficient (Wildman–Crippen LogP) is 2.17. The molecule has 1 aliphatic heterocycles. The minimum Gasteiger partial charge on any atom is -0.450 e. The Kier molecular flexibility index (Phi) is 4.24. The van der Waals surface area contributed by atoms with Gasteiger partial charge in [0.25, 0.3) is 0 Å². The van der Waals surface area contributed by atoms with Gasteiger partial charge < -0.3 is 9.22 Å². The second kappa shape index (κ2) is 5.71. The fourth-order valence-corrected chi connectivity index (χ4v) is 3.16. The molecule has 0 aliphatic carbocycles. The lowest BCUT2D eigenvalue weighted by molar-refractivity contribution is -0.925. The fraction of sp³-hybridized carbons (Fsp3) is 0.615. The molecular weight excluding hydrogens is 248 g/mol. The normalized spacial score (nSPS) is 18.7. The Labute approximate surface area is 112 Å². The molecule has 0 aromatic carbocycles. The highest BCUT2D eigenvalue weighted by Crippen LogP contribution is 2.19. The van der Waals surface area contributed by atoms with Gasteiger partial charge in [-0.1, -0.05) is 6.07 Å². The summed E-state index contributed by atoms with van der Waals surface area (Å²) in [6, 6.07) is 4.28. The second-order valence-corrected chi connectivity index (χ2v) is 6.02. The van der Waals surface area contributed by atoms with E-state index in [0.29, 0.717) is 6.61 Å². The number of rotatable bonds is 3. The number of thiophene rings is 1. The van der Waals surface area contributed by atoms with Gasteiger partial charge in [-0.15, -0.1) is 11.3 Å². The lowest BCUT2D eigenvalue weighted by Crippen LogP contribution is -2.57. The number of hydrogen-bond acceptors (Lipinski definition) is 3. The largest absolute Gasteiger partial charge is 0.450 e. The van der Waals surface area contributed by atoms with E-state index >= 15 is 0 Å². The highest BCUT2D eigenvalue weighted by atomic mass is 32.1. The SMILES string of the molecule is CCOC(=O)N1CC[N+](C)(Cc2cccs2)CC1. The van der Waals surface area contributed by atoms with Crippen molar-refractivity contribution in [1.29, 1.82) is 0 Å². The van der Waals surface area contributed by atoms with Gasteiger partial charge in [-0.05, 0) is 18.4 Å². The number of likely N-dealkylation sites (N-methyl/N-ethyl adjacent to an activating group) is 1. The van der Waals surface area contributed by atoms with E-state index < -0.39 is 0 Å². The van der Waals surface area contributed by atoms with E-state index in [1.807, 2.05) is 23.2 Å². The second-order valence-electron chi connectivity index (χ2n) is 4.99. The maximum Gasteiger partial charge on any atom is 0.410 e. The first-order valence-electron chi connectivity index (χ1n) is 6.40. The summed E-state index contributed by atoms with van der Waals surface area (Å²) in [5, 5.41) is 2.12. The maximum atomic E-state index is 11.6. The molecule has 2 heterocycles. The highest BCUT2D eigenvalue weighted by Gasteiger charge is 2.31. The van der Waals surface area contributed by atoms with Crippen molar-refractivity contribution in [1.82, 2.24) is 4.90 Å². The third-order valence-electron chi connectivity index (χ3n) is 3.46. The molecule has 18 heavy (non-hydrogen) atoms. The van der Waals surface area contributed by atoms with Gasteiger partial charge in [-0.25, -0.2) is 4.79 Å². The Morgan fingerprint density at radius 2 is 2.22 bits per heavy atom. The van der Waals surface area contributed by atoms with Crippen molar-refractivity contribution in [2.24, 2.45) is 0 Å². The van der Waals surface area contributed by atoms with E-state index in [4.69, 9.17) is 4.74 Å². The average Bonchev–Trinajstić information content (AvgIpc) is 2.82. The van der Waals surface area contributed by atoms with Crippen molar-refractivity contribution in [2.75, 3.05) is 39.8 Å². The van der Waals surface area contributed by atoms with Crippen LogP contribution in [0.15, 0.2) is 17.5 Å². The lowest BCUT2D eigenvalue weighted by Gasteiger charge is -2.41. The first-order chi connectivity index (χ1) is 8.63. The van der Waals surface area contributed by atoms with Crippen LogP contribution in [0.1, 0.15) is 11.8 Å². The molecule has 0 atom stereocenters. The number of hydrogen-bond donors (Lipinski definition) is 0. The molecule has 5 heteroatoms. The van der Waals surface area contributed by atoms with Gasteiger partial charge in [0.05, 0.1) is 44.7 Å². The Hall–Kier alpha value is -1.07. The van der Waals surface area contributed by atoms with Crippen molar-refractivity contribution >= 4 is 17.4 Å².